The highest BCUT2D eigenvalue weighted by molar-refractivity contribution is 5.74. The van der Waals surface area contributed by atoms with Crippen LogP contribution in [-0.4, -0.2) is 59.0 Å². The fourth-order valence-corrected chi connectivity index (χ4v) is 2.46. The van der Waals surface area contributed by atoms with E-state index in [4.69, 9.17) is 4.74 Å². The Kier molecular flexibility index (Phi) is 5.07. The van der Waals surface area contributed by atoms with E-state index in [9.17, 15) is 18.0 Å². The minimum absolute atomic E-state index is 0.213. The van der Waals surface area contributed by atoms with Crippen molar-refractivity contribution >= 4 is 5.97 Å². The number of imidazole rings is 1. The number of carbonyl (C=O) groups is 1. The Morgan fingerprint density at radius 3 is 2.86 bits per heavy atom. The predicted molar refractivity (Wildman–Crippen MR) is 69.9 cm³/mol. The number of ether oxygens (including phenoxy) is 2. The van der Waals surface area contributed by atoms with Gasteiger partial charge in [-0.05, 0) is 6.92 Å². The SMILES string of the molecule is COC(=O)C1CN(Cc2nccn2CC(F)(F)F)C[C@@H](C)O1. The van der Waals surface area contributed by atoms with Crippen LogP contribution in [0.25, 0.3) is 0 Å². The largest absolute Gasteiger partial charge is 0.467 e. The molecule has 22 heavy (non-hydrogen) atoms. The maximum atomic E-state index is 12.5. The molecule has 0 bridgehead atoms. The van der Waals surface area contributed by atoms with Crippen LogP contribution in [0.15, 0.2) is 12.4 Å². The first-order chi connectivity index (χ1) is 10.3. The molecular weight excluding hydrogens is 303 g/mol. The van der Waals surface area contributed by atoms with E-state index < -0.39 is 24.8 Å². The molecule has 1 aliphatic heterocycles. The molecule has 0 aliphatic carbocycles. The average Bonchev–Trinajstić information content (AvgIpc) is 2.82. The molecule has 1 aromatic heterocycles. The highest BCUT2D eigenvalue weighted by Crippen LogP contribution is 2.20. The number of hydrogen-bond acceptors (Lipinski definition) is 5. The molecule has 124 valence electrons. The molecule has 6 nitrogen and oxygen atoms in total. The second-order valence-corrected chi connectivity index (χ2v) is 5.24. The highest BCUT2D eigenvalue weighted by atomic mass is 19.4. The molecule has 1 saturated heterocycles. The Labute approximate surface area is 125 Å². The first kappa shape index (κ1) is 16.8. The summed E-state index contributed by atoms with van der Waals surface area (Å²) in [6, 6.07) is 0. The third kappa shape index (κ3) is 4.44. The second kappa shape index (κ2) is 6.66. The van der Waals surface area contributed by atoms with Gasteiger partial charge in [0.25, 0.3) is 0 Å². The van der Waals surface area contributed by atoms with E-state index in [0.29, 0.717) is 12.4 Å². The first-order valence-electron chi connectivity index (χ1n) is 6.81. The molecular formula is C13H18F3N3O3. The van der Waals surface area contributed by atoms with Crippen molar-refractivity contribution in [3.8, 4) is 0 Å². The van der Waals surface area contributed by atoms with Crippen molar-refractivity contribution in [2.75, 3.05) is 20.2 Å². The summed E-state index contributed by atoms with van der Waals surface area (Å²) in [5.41, 5.74) is 0. The molecule has 1 aliphatic rings. The summed E-state index contributed by atoms with van der Waals surface area (Å²) in [6.45, 7) is 1.69. The molecule has 9 heteroatoms. The predicted octanol–water partition coefficient (Wildman–Crippen LogP) is 1.21. The Morgan fingerprint density at radius 2 is 2.23 bits per heavy atom. The molecule has 0 saturated carbocycles. The van der Waals surface area contributed by atoms with E-state index in [-0.39, 0.29) is 19.2 Å². The third-order valence-electron chi connectivity index (χ3n) is 3.32. The lowest BCUT2D eigenvalue weighted by atomic mass is 10.2. The molecule has 1 unspecified atom stereocenters. The van der Waals surface area contributed by atoms with Crippen LogP contribution >= 0.6 is 0 Å². The molecule has 0 radical (unpaired) electrons. The van der Waals surface area contributed by atoms with Gasteiger partial charge in [-0.15, -0.1) is 0 Å². The van der Waals surface area contributed by atoms with Crippen molar-refractivity contribution in [1.29, 1.82) is 0 Å². The van der Waals surface area contributed by atoms with E-state index in [1.165, 1.54) is 19.5 Å². The van der Waals surface area contributed by atoms with Gasteiger partial charge in [-0.3, -0.25) is 4.90 Å². The summed E-state index contributed by atoms with van der Waals surface area (Å²) in [6.07, 6.45) is -2.63. The van der Waals surface area contributed by atoms with Crippen LogP contribution in [0, 0.1) is 0 Å². The number of alkyl halides is 3. The Morgan fingerprint density at radius 1 is 1.50 bits per heavy atom. The van der Waals surface area contributed by atoms with Gasteiger partial charge in [0.05, 0.1) is 19.8 Å². The number of hydrogen-bond donors (Lipinski definition) is 0. The minimum Gasteiger partial charge on any atom is -0.467 e. The van der Waals surface area contributed by atoms with Crippen LogP contribution in [0.4, 0.5) is 13.2 Å². The number of carbonyl (C=O) groups excluding carboxylic acids is 1. The van der Waals surface area contributed by atoms with Crippen molar-refractivity contribution in [3.63, 3.8) is 0 Å². The monoisotopic (exact) mass is 321 g/mol. The molecule has 2 rings (SSSR count). The van der Waals surface area contributed by atoms with Gasteiger partial charge in [0.1, 0.15) is 12.4 Å². The summed E-state index contributed by atoms with van der Waals surface area (Å²) >= 11 is 0. The summed E-state index contributed by atoms with van der Waals surface area (Å²) < 4.78 is 48.7. The van der Waals surface area contributed by atoms with E-state index in [0.717, 1.165) is 4.57 Å². The number of methoxy groups -OCH3 is 1. The van der Waals surface area contributed by atoms with Crippen LogP contribution in [0.2, 0.25) is 0 Å². The smallest absolute Gasteiger partial charge is 0.406 e. The van der Waals surface area contributed by atoms with Gasteiger partial charge in [0.2, 0.25) is 0 Å². The minimum atomic E-state index is -4.30. The van der Waals surface area contributed by atoms with Crippen molar-refractivity contribution in [2.45, 2.75) is 38.4 Å². The molecule has 0 N–H and O–H groups in total. The second-order valence-electron chi connectivity index (χ2n) is 5.24. The molecule has 0 spiro atoms. The van der Waals surface area contributed by atoms with Gasteiger partial charge >= 0.3 is 12.1 Å². The van der Waals surface area contributed by atoms with Gasteiger partial charge in [0.15, 0.2) is 6.10 Å². The quantitative estimate of drug-likeness (QED) is 0.780. The number of nitrogens with zero attached hydrogens (tertiary/aromatic N) is 3. The number of esters is 1. The summed E-state index contributed by atoms with van der Waals surface area (Å²) in [5.74, 6) is -0.190. The molecule has 1 aromatic rings. The van der Waals surface area contributed by atoms with E-state index >= 15 is 0 Å². The van der Waals surface area contributed by atoms with Gasteiger partial charge < -0.3 is 14.0 Å². The summed E-state index contributed by atoms with van der Waals surface area (Å²) in [7, 11) is 1.27. The van der Waals surface area contributed by atoms with Gasteiger partial charge in [-0.2, -0.15) is 13.2 Å². The lowest BCUT2D eigenvalue weighted by Gasteiger charge is -2.35. The van der Waals surface area contributed by atoms with Crippen LogP contribution in [-0.2, 0) is 27.4 Å². The topological polar surface area (TPSA) is 56.6 Å². The molecule has 2 atom stereocenters. The number of aromatic nitrogens is 2. The molecule has 1 fully saturated rings. The number of halogens is 3. The zero-order valence-electron chi connectivity index (χ0n) is 12.3. The van der Waals surface area contributed by atoms with E-state index in [2.05, 4.69) is 9.72 Å². The van der Waals surface area contributed by atoms with Gasteiger partial charge in [-0.25, -0.2) is 9.78 Å². The summed E-state index contributed by atoms with van der Waals surface area (Å²) in [4.78, 5) is 17.4. The van der Waals surface area contributed by atoms with Crippen LogP contribution in [0.3, 0.4) is 0 Å². The zero-order chi connectivity index (χ0) is 16.3. The molecule has 0 amide bonds. The van der Waals surface area contributed by atoms with E-state index in [1.54, 1.807) is 6.92 Å². The van der Waals surface area contributed by atoms with Crippen molar-refractivity contribution < 1.29 is 27.4 Å². The van der Waals surface area contributed by atoms with Crippen LogP contribution < -0.4 is 0 Å². The maximum absolute atomic E-state index is 12.5. The van der Waals surface area contributed by atoms with E-state index in [1.807, 2.05) is 4.90 Å². The Balaban J connectivity index is 2.04. The molecule has 2 heterocycles. The summed E-state index contributed by atoms with van der Waals surface area (Å²) in [5, 5.41) is 0. The Bertz CT molecular complexity index is 518. The van der Waals surface area contributed by atoms with Gasteiger partial charge in [0, 0.05) is 25.5 Å². The maximum Gasteiger partial charge on any atom is 0.406 e. The molecule has 0 aromatic carbocycles. The number of rotatable bonds is 4. The average molecular weight is 321 g/mol. The lowest BCUT2D eigenvalue weighted by Crippen LogP contribution is -2.49. The fraction of sp³-hybridized carbons (Fsp3) is 0.692. The van der Waals surface area contributed by atoms with Crippen molar-refractivity contribution in [2.24, 2.45) is 0 Å². The van der Waals surface area contributed by atoms with Crippen molar-refractivity contribution in [1.82, 2.24) is 14.5 Å². The zero-order valence-corrected chi connectivity index (χ0v) is 12.3. The van der Waals surface area contributed by atoms with Crippen LogP contribution in [0.1, 0.15) is 12.7 Å². The third-order valence-corrected chi connectivity index (χ3v) is 3.32. The number of morpholine rings is 1. The first-order valence-corrected chi connectivity index (χ1v) is 6.81. The van der Waals surface area contributed by atoms with Crippen LogP contribution in [0.5, 0.6) is 0 Å². The highest BCUT2D eigenvalue weighted by Gasteiger charge is 2.33. The lowest BCUT2D eigenvalue weighted by molar-refractivity contribution is -0.166. The standard InChI is InChI=1S/C13H18F3N3O3/c1-9-5-18(6-10(22-9)12(20)21-2)7-11-17-3-4-19(11)8-13(14,15)16/h3-4,9-10H,5-8H2,1-2H3/t9-,10?/m1/s1. The fourth-order valence-electron chi connectivity index (χ4n) is 2.46. The normalized spacial score (nSPS) is 23.5. The Hall–Kier alpha value is -1.61. The van der Waals surface area contributed by atoms with Gasteiger partial charge in [-0.1, -0.05) is 0 Å². The van der Waals surface area contributed by atoms with Crippen molar-refractivity contribution in [3.05, 3.63) is 18.2 Å².